The van der Waals surface area contributed by atoms with Crippen LogP contribution in [0.1, 0.15) is 26.2 Å². The Bertz CT molecular complexity index is 135. The van der Waals surface area contributed by atoms with E-state index in [1.165, 1.54) is 24.3 Å². The van der Waals surface area contributed by atoms with Crippen molar-refractivity contribution in [1.29, 1.82) is 0 Å². The van der Waals surface area contributed by atoms with E-state index in [1.807, 2.05) is 0 Å². The SMILES string of the molecule is CCCC(N)CN(C)C1CCSC1. The van der Waals surface area contributed by atoms with Gasteiger partial charge in [-0.25, -0.2) is 0 Å². The van der Waals surface area contributed by atoms with Crippen molar-refractivity contribution in [3.63, 3.8) is 0 Å². The topological polar surface area (TPSA) is 29.3 Å². The minimum Gasteiger partial charge on any atom is -0.327 e. The molecule has 0 radical (unpaired) electrons. The van der Waals surface area contributed by atoms with Crippen LogP contribution < -0.4 is 5.73 Å². The molecule has 0 aliphatic carbocycles. The molecule has 1 aliphatic rings. The molecule has 0 amide bonds. The second-order valence-electron chi connectivity index (χ2n) is 4.01. The second-order valence-corrected chi connectivity index (χ2v) is 5.16. The highest BCUT2D eigenvalue weighted by atomic mass is 32.2. The van der Waals surface area contributed by atoms with Crippen molar-refractivity contribution in [2.24, 2.45) is 5.73 Å². The summed E-state index contributed by atoms with van der Waals surface area (Å²) in [7, 11) is 2.21. The van der Waals surface area contributed by atoms with Gasteiger partial charge < -0.3 is 10.6 Å². The number of likely N-dealkylation sites (N-methyl/N-ethyl adjacent to an activating group) is 1. The molecule has 2 nitrogen and oxygen atoms in total. The Labute approximate surface area is 86.2 Å². The number of nitrogens with two attached hydrogens (primary N) is 1. The molecule has 1 heterocycles. The molecule has 0 spiro atoms. The van der Waals surface area contributed by atoms with Crippen molar-refractivity contribution < 1.29 is 0 Å². The second kappa shape index (κ2) is 5.89. The van der Waals surface area contributed by atoms with Crippen LogP contribution in [0.5, 0.6) is 0 Å². The lowest BCUT2D eigenvalue weighted by Gasteiger charge is -2.26. The van der Waals surface area contributed by atoms with Crippen LogP contribution in [0.4, 0.5) is 0 Å². The van der Waals surface area contributed by atoms with E-state index in [4.69, 9.17) is 5.73 Å². The third-order valence-corrected chi connectivity index (χ3v) is 3.86. The van der Waals surface area contributed by atoms with Gasteiger partial charge in [-0.05, 0) is 25.6 Å². The van der Waals surface area contributed by atoms with Crippen LogP contribution in [0.2, 0.25) is 0 Å². The summed E-state index contributed by atoms with van der Waals surface area (Å²) >= 11 is 2.07. The van der Waals surface area contributed by atoms with E-state index in [-0.39, 0.29) is 0 Å². The van der Waals surface area contributed by atoms with Crippen LogP contribution in [-0.4, -0.2) is 42.1 Å². The van der Waals surface area contributed by atoms with Gasteiger partial charge in [0, 0.05) is 24.4 Å². The summed E-state index contributed by atoms with van der Waals surface area (Å²) in [5, 5.41) is 0. The molecule has 2 unspecified atom stereocenters. The Morgan fingerprint density at radius 2 is 2.38 bits per heavy atom. The van der Waals surface area contributed by atoms with Crippen molar-refractivity contribution in [3.8, 4) is 0 Å². The van der Waals surface area contributed by atoms with Crippen LogP contribution in [0.25, 0.3) is 0 Å². The first-order valence-electron chi connectivity index (χ1n) is 5.27. The number of hydrogen-bond acceptors (Lipinski definition) is 3. The highest BCUT2D eigenvalue weighted by Gasteiger charge is 2.20. The maximum absolute atomic E-state index is 6.00. The van der Waals surface area contributed by atoms with Crippen molar-refractivity contribution in [2.45, 2.75) is 38.3 Å². The van der Waals surface area contributed by atoms with E-state index in [1.54, 1.807) is 0 Å². The molecule has 0 saturated carbocycles. The molecule has 1 rings (SSSR count). The van der Waals surface area contributed by atoms with Gasteiger partial charge in [0.05, 0.1) is 0 Å². The minimum atomic E-state index is 0.376. The quantitative estimate of drug-likeness (QED) is 0.733. The normalized spacial score (nSPS) is 25.4. The number of hydrogen-bond donors (Lipinski definition) is 1. The molecule has 0 aromatic heterocycles. The Kier molecular flexibility index (Phi) is 5.14. The highest BCUT2D eigenvalue weighted by molar-refractivity contribution is 7.99. The maximum atomic E-state index is 6.00. The van der Waals surface area contributed by atoms with Crippen molar-refractivity contribution in [1.82, 2.24) is 4.90 Å². The van der Waals surface area contributed by atoms with Gasteiger partial charge in [0.2, 0.25) is 0 Å². The molecule has 1 aliphatic heterocycles. The van der Waals surface area contributed by atoms with Gasteiger partial charge in [0.25, 0.3) is 0 Å². The molecular formula is C10H22N2S. The first-order chi connectivity index (χ1) is 6.24. The average Bonchev–Trinajstić information content (AvgIpc) is 2.55. The third kappa shape index (κ3) is 3.88. The predicted molar refractivity (Wildman–Crippen MR) is 61.2 cm³/mol. The highest BCUT2D eigenvalue weighted by Crippen LogP contribution is 2.21. The van der Waals surface area contributed by atoms with E-state index in [0.29, 0.717) is 6.04 Å². The summed E-state index contributed by atoms with van der Waals surface area (Å²) in [4.78, 5) is 2.44. The van der Waals surface area contributed by atoms with E-state index in [0.717, 1.165) is 19.0 Å². The maximum Gasteiger partial charge on any atom is 0.0191 e. The molecule has 78 valence electrons. The van der Waals surface area contributed by atoms with Gasteiger partial charge in [0.15, 0.2) is 0 Å². The summed E-state index contributed by atoms with van der Waals surface area (Å²) in [6, 6.07) is 1.16. The lowest BCUT2D eigenvalue weighted by Crippen LogP contribution is -2.41. The molecule has 1 saturated heterocycles. The lowest BCUT2D eigenvalue weighted by atomic mass is 10.1. The Balaban J connectivity index is 2.18. The van der Waals surface area contributed by atoms with Gasteiger partial charge in [-0.15, -0.1) is 0 Å². The van der Waals surface area contributed by atoms with Crippen molar-refractivity contribution in [3.05, 3.63) is 0 Å². The fraction of sp³-hybridized carbons (Fsp3) is 1.00. The molecule has 0 bridgehead atoms. The fourth-order valence-electron chi connectivity index (χ4n) is 1.85. The molecule has 3 heteroatoms. The van der Waals surface area contributed by atoms with Gasteiger partial charge in [0.1, 0.15) is 0 Å². The first kappa shape index (κ1) is 11.3. The van der Waals surface area contributed by atoms with E-state index in [9.17, 15) is 0 Å². The summed E-state index contributed by atoms with van der Waals surface area (Å²) in [5.74, 6) is 2.63. The minimum absolute atomic E-state index is 0.376. The number of nitrogens with zero attached hydrogens (tertiary/aromatic N) is 1. The zero-order chi connectivity index (χ0) is 9.68. The Morgan fingerprint density at radius 1 is 1.62 bits per heavy atom. The number of rotatable bonds is 5. The van der Waals surface area contributed by atoms with Crippen LogP contribution in [0.3, 0.4) is 0 Å². The molecule has 0 aromatic carbocycles. The molecule has 2 atom stereocenters. The van der Waals surface area contributed by atoms with Crippen LogP contribution >= 0.6 is 11.8 Å². The van der Waals surface area contributed by atoms with Gasteiger partial charge in [-0.2, -0.15) is 11.8 Å². The van der Waals surface area contributed by atoms with E-state index < -0.39 is 0 Å². The monoisotopic (exact) mass is 202 g/mol. The third-order valence-electron chi connectivity index (χ3n) is 2.71. The standard InChI is InChI=1S/C10H22N2S/c1-3-4-9(11)7-12(2)10-5-6-13-8-10/h9-10H,3-8,11H2,1-2H3. The van der Waals surface area contributed by atoms with Crippen LogP contribution in [0, 0.1) is 0 Å². The zero-order valence-electron chi connectivity index (χ0n) is 8.83. The molecule has 0 aromatic rings. The van der Waals surface area contributed by atoms with Crippen LogP contribution in [-0.2, 0) is 0 Å². The summed E-state index contributed by atoms with van der Waals surface area (Å²) in [5.41, 5.74) is 6.00. The van der Waals surface area contributed by atoms with Gasteiger partial charge in [-0.1, -0.05) is 13.3 Å². The molecule has 1 fully saturated rings. The first-order valence-corrected chi connectivity index (χ1v) is 6.43. The predicted octanol–water partition coefficient (Wildman–Crippen LogP) is 1.55. The van der Waals surface area contributed by atoms with E-state index >= 15 is 0 Å². The molecule has 2 N–H and O–H groups in total. The van der Waals surface area contributed by atoms with Crippen molar-refractivity contribution >= 4 is 11.8 Å². The smallest absolute Gasteiger partial charge is 0.0191 e. The Hall–Kier alpha value is 0.270. The molecular weight excluding hydrogens is 180 g/mol. The number of thioether (sulfide) groups is 1. The average molecular weight is 202 g/mol. The van der Waals surface area contributed by atoms with Gasteiger partial charge in [-0.3, -0.25) is 0 Å². The van der Waals surface area contributed by atoms with Crippen LogP contribution in [0.15, 0.2) is 0 Å². The van der Waals surface area contributed by atoms with Crippen molar-refractivity contribution in [2.75, 3.05) is 25.1 Å². The lowest BCUT2D eigenvalue weighted by molar-refractivity contribution is 0.242. The largest absolute Gasteiger partial charge is 0.327 e. The summed E-state index contributed by atoms with van der Waals surface area (Å²) in [6.07, 6.45) is 3.71. The Morgan fingerprint density at radius 3 is 2.92 bits per heavy atom. The molecule has 13 heavy (non-hydrogen) atoms. The zero-order valence-corrected chi connectivity index (χ0v) is 9.65. The fourth-order valence-corrected chi connectivity index (χ4v) is 3.15. The van der Waals surface area contributed by atoms with E-state index in [2.05, 4.69) is 30.6 Å². The van der Waals surface area contributed by atoms with Gasteiger partial charge >= 0.3 is 0 Å². The summed E-state index contributed by atoms with van der Waals surface area (Å²) < 4.78 is 0. The summed E-state index contributed by atoms with van der Waals surface area (Å²) in [6.45, 7) is 3.27.